The maximum Gasteiger partial charge on any atom is 0.0276 e. The fraction of sp³-hybridized carbons (Fsp3) is 1.00. The Bertz CT molecular complexity index is 319. The smallest absolute Gasteiger partial charge is 0.0276 e. The number of piperazine rings is 1. The Kier molecular flexibility index (Phi) is 4.68. The van der Waals surface area contributed by atoms with Gasteiger partial charge < -0.3 is 5.32 Å². The molecule has 2 heterocycles. The van der Waals surface area contributed by atoms with E-state index in [0.717, 1.165) is 30.5 Å². The molecular weight excluding hydrogens is 246 g/mol. The van der Waals surface area contributed by atoms with Gasteiger partial charge >= 0.3 is 0 Å². The summed E-state index contributed by atoms with van der Waals surface area (Å²) < 4.78 is 0. The highest BCUT2D eigenvalue weighted by atomic mass is 15.3. The highest BCUT2D eigenvalue weighted by Gasteiger charge is 2.41. The summed E-state index contributed by atoms with van der Waals surface area (Å²) in [5.41, 5.74) is 0. The van der Waals surface area contributed by atoms with Gasteiger partial charge in [-0.05, 0) is 50.6 Å². The predicted molar refractivity (Wildman–Crippen MR) is 85.0 cm³/mol. The molecule has 0 bridgehead atoms. The van der Waals surface area contributed by atoms with Crippen LogP contribution in [0, 0.1) is 11.8 Å². The second-order valence-corrected chi connectivity index (χ2v) is 7.54. The highest BCUT2D eigenvalue weighted by Crippen LogP contribution is 2.34. The van der Waals surface area contributed by atoms with Crippen LogP contribution < -0.4 is 5.32 Å². The lowest BCUT2D eigenvalue weighted by atomic mass is 9.75. The van der Waals surface area contributed by atoms with Crippen LogP contribution in [0.2, 0.25) is 0 Å². The molecule has 0 aromatic rings. The fourth-order valence-corrected chi connectivity index (χ4v) is 5.21. The Morgan fingerprint density at radius 3 is 2.65 bits per heavy atom. The van der Waals surface area contributed by atoms with Crippen LogP contribution in [-0.4, -0.2) is 60.6 Å². The van der Waals surface area contributed by atoms with E-state index in [1.165, 1.54) is 51.9 Å². The standard InChI is InChI=1S/C17H33N3/c1-4-18-16-11-13(2)10-14(3)17(16)20-9-8-19-7-5-6-15(19)12-20/h13-18H,4-12H2,1-3H3. The Balaban J connectivity index is 1.69. The van der Waals surface area contributed by atoms with Gasteiger partial charge in [0.25, 0.3) is 0 Å². The van der Waals surface area contributed by atoms with Crippen molar-refractivity contribution in [3.63, 3.8) is 0 Å². The van der Waals surface area contributed by atoms with Crippen molar-refractivity contribution in [3.8, 4) is 0 Å². The van der Waals surface area contributed by atoms with Crippen LogP contribution in [0.3, 0.4) is 0 Å². The number of likely N-dealkylation sites (N-methyl/N-ethyl adjacent to an activating group) is 1. The Hall–Kier alpha value is -0.120. The van der Waals surface area contributed by atoms with Crippen LogP contribution >= 0.6 is 0 Å². The second-order valence-electron chi connectivity index (χ2n) is 7.54. The first kappa shape index (κ1) is 14.8. The van der Waals surface area contributed by atoms with Crippen LogP contribution in [0.25, 0.3) is 0 Å². The molecule has 116 valence electrons. The summed E-state index contributed by atoms with van der Waals surface area (Å²) in [4.78, 5) is 5.57. The molecule has 5 atom stereocenters. The fourth-order valence-electron chi connectivity index (χ4n) is 5.21. The summed E-state index contributed by atoms with van der Waals surface area (Å²) in [6.07, 6.45) is 5.64. The van der Waals surface area contributed by atoms with Gasteiger partial charge in [-0.25, -0.2) is 0 Å². The van der Waals surface area contributed by atoms with Gasteiger partial charge in [-0.2, -0.15) is 0 Å². The zero-order chi connectivity index (χ0) is 14.1. The second kappa shape index (κ2) is 6.33. The molecule has 1 N–H and O–H groups in total. The summed E-state index contributed by atoms with van der Waals surface area (Å²) in [6, 6.07) is 2.35. The molecule has 3 aliphatic rings. The highest BCUT2D eigenvalue weighted by molar-refractivity contribution is 4.98. The first-order chi connectivity index (χ1) is 9.69. The average Bonchev–Trinajstić information content (AvgIpc) is 2.85. The van der Waals surface area contributed by atoms with Gasteiger partial charge in [0.05, 0.1) is 0 Å². The Labute approximate surface area is 125 Å². The first-order valence-electron chi connectivity index (χ1n) is 8.90. The molecule has 3 fully saturated rings. The summed E-state index contributed by atoms with van der Waals surface area (Å²) >= 11 is 0. The van der Waals surface area contributed by atoms with Gasteiger partial charge in [-0.1, -0.05) is 20.8 Å². The largest absolute Gasteiger partial charge is 0.313 e. The van der Waals surface area contributed by atoms with Crippen molar-refractivity contribution in [2.75, 3.05) is 32.7 Å². The van der Waals surface area contributed by atoms with E-state index in [9.17, 15) is 0 Å². The topological polar surface area (TPSA) is 18.5 Å². The van der Waals surface area contributed by atoms with Gasteiger partial charge in [0.15, 0.2) is 0 Å². The third kappa shape index (κ3) is 2.90. The maximum atomic E-state index is 3.80. The normalized spacial score (nSPS) is 43.6. The molecule has 20 heavy (non-hydrogen) atoms. The molecule has 0 aromatic carbocycles. The monoisotopic (exact) mass is 279 g/mol. The number of hydrogen-bond donors (Lipinski definition) is 1. The van der Waals surface area contributed by atoms with Crippen molar-refractivity contribution in [1.82, 2.24) is 15.1 Å². The van der Waals surface area contributed by atoms with E-state index in [4.69, 9.17) is 0 Å². The van der Waals surface area contributed by atoms with E-state index in [0.29, 0.717) is 6.04 Å². The lowest BCUT2D eigenvalue weighted by Crippen LogP contribution is -2.62. The summed E-state index contributed by atoms with van der Waals surface area (Å²) in [5.74, 6) is 1.73. The number of hydrogen-bond acceptors (Lipinski definition) is 3. The molecule has 2 aliphatic heterocycles. The van der Waals surface area contributed by atoms with E-state index in [1.54, 1.807) is 0 Å². The van der Waals surface area contributed by atoms with Crippen LogP contribution in [0.1, 0.15) is 46.5 Å². The van der Waals surface area contributed by atoms with Gasteiger partial charge in [-0.3, -0.25) is 9.80 Å². The Morgan fingerprint density at radius 1 is 1.05 bits per heavy atom. The molecule has 3 rings (SSSR count). The number of rotatable bonds is 3. The summed E-state index contributed by atoms with van der Waals surface area (Å²) in [6.45, 7) is 13.6. The van der Waals surface area contributed by atoms with Crippen molar-refractivity contribution in [2.24, 2.45) is 11.8 Å². The maximum absolute atomic E-state index is 3.80. The van der Waals surface area contributed by atoms with E-state index >= 15 is 0 Å². The third-order valence-electron chi connectivity index (χ3n) is 5.93. The zero-order valence-corrected chi connectivity index (χ0v) is 13.6. The molecule has 2 saturated heterocycles. The molecule has 3 heteroatoms. The molecule has 0 spiro atoms. The van der Waals surface area contributed by atoms with Gasteiger partial charge in [-0.15, -0.1) is 0 Å². The van der Waals surface area contributed by atoms with Gasteiger partial charge in [0, 0.05) is 37.8 Å². The van der Waals surface area contributed by atoms with Crippen molar-refractivity contribution >= 4 is 0 Å². The molecular formula is C17H33N3. The average molecular weight is 279 g/mol. The van der Waals surface area contributed by atoms with Crippen molar-refractivity contribution in [3.05, 3.63) is 0 Å². The van der Waals surface area contributed by atoms with E-state index in [-0.39, 0.29) is 0 Å². The van der Waals surface area contributed by atoms with Crippen LogP contribution in [0.15, 0.2) is 0 Å². The predicted octanol–water partition coefficient (Wildman–Crippen LogP) is 2.18. The SMILES string of the molecule is CCNC1CC(C)CC(C)C1N1CCN2CCCC2C1. The third-order valence-corrected chi connectivity index (χ3v) is 5.93. The van der Waals surface area contributed by atoms with Crippen LogP contribution in [-0.2, 0) is 0 Å². The minimum absolute atomic E-state index is 0.715. The van der Waals surface area contributed by atoms with Crippen LogP contribution in [0.5, 0.6) is 0 Å². The minimum Gasteiger partial charge on any atom is -0.313 e. The first-order valence-corrected chi connectivity index (χ1v) is 8.90. The Morgan fingerprint density at radius 2 is 1.85 bits per heavy atom. The summed E-state index contributed by atoms with van der Waals surface area (Å²) in [5, 5.41) is 3.80. The van der Waals surface area contributed by atoms with E-state index in [1.807, 2.05) is 0 Å². The van der Waals surface area contributed by atoms with Gasteiger partial charge in [0.1, 0.15) is 0 Å². The molecule has 0 radical (unpaired) electrons. The van der Waals surface area contributed by atoms with Gasteiger partial charge in [0.2, 0.25) is 0 Å². The molecule has 1 aliphatic carbocycles. The quantitative estimate of drug-likeness (QED) is 0.854. The molecule has 0 aromatic heterocycles. The number of nitrogens with one attached hydrogen (secondary N) is 1. The lowest BCUT2D eigenvalue weighted by Gasteiger charge is -2.49. The number of nitrogens with zero attached hydrogens (tertiary/aromatic N) is 2. The van der Waals surface area contributed by atoms with E-state index < -0.39 is 0 Å². The van der Waals surface area contributed by atoms with Crippen molar-refractivity contribution < 1.29 is 0 Å². The summed E-state index contributed by atoms with van der Waals surface area (Å²) in [7, 11) is 0. The lowest BCUT2D eigenvalue weighted by molar-refractivity contribution is 0.0102. The van der Waals surface area contributed by atoms with Crippen molar-refractivity contribution in [1.29, 1.82) is 0 Å². The molecule has 5 unspecified atom stereocenters. The molecule has 0 amide bonds. The number of fused-ring (bicyclic) bond motifs is 1. The molecule has 3 nitrogen and oxygen atoms in total. The zero-order valence-electron chi connectivity index (χ0n) is 13.6. The molecule has 1 saturated carbocycles. The van der Waals surface area contributed by atoms with Crippen molar-refractivity contribution in [2.45, 2.75) is 64.6 Å². The minimum atomic E-state index is 0.715. The van der Waals surface area contributed by atoms with E-state index in [2.05, 4.69) is 35.9 Å². The van der Waals surface area contributed by atoms with Crippen LogP contribution in [0.4, 0.5) is 0 Å².